The molecule has 1 heterocycles. The summed E-state index contributed by atoms with van der Waals surface area (Å²) in [4.78, 5) is 18.5. The molecule has 1 aliphatic rings. The number of amides is 1. The summed E-state index contributed by atoms with van der Waals surface area (Å²) in [5.74, 6) is -0.413. The van der Waals surface area contributed by atoms with E-state index in [-0.39, 0.29) is 22.9 Å². The number of hydrogen-bond donors (Lipinski definition) is 2. The van der Waals surface area contributed by atoms with Crippen LogP contribution < -0.4 is 10.0 Å². The molecule has 0 bridgehead atoms. The fourth-order valence-corrected chi connectivity index (χ4v) is 4.64. The van der Waals surface area contributed by atoms with Crippen molar-refractivity contribution in [1.82, 2.24) is 4.98 Å². The molecule has 1 aliphatic carbocycles. The maximum absolute atomic E-state index is 12.7. The Morgan fingerprint density at radius 3 is 2.65 bits per heavy atom. The molecule has 0 fully saturated rings. The van der Waals surface area contributed by atoms with Gasteiger partial charge in [-0.1, -0.05) is 25.0 Å². The average Bonchev–Trinajstić information content (AvgIpc) is 2.95. The second-order valence-corrected chi connectivity index (χ2v) is 9.40. The van der Waals surface area contributed by atoms with E-state index in [2.05, 4.69) is 15.0 Å². The lowest BCUT2D eigenvalue weighted by atomic mass is 10.0. The van der Waals surface area contributed by atoms with Gasteiger partial charge >= 0.3 is 0 Å². The van der Waals surface area contributed by atoms with Crippen LogP contribution in [0.3, 0.4) is 0 Å². The standard InChI is InChI=1S/C18H23N3O3S2/c1-2-26(23,24)21-14-10-8-7-9-13(14)17(22)20-18-19-15-11-5-3-4-6-12-16(15)25-18/h7-10,21H,2-6,11-12H2,1H3,(H,19,20,22). The van der Waals surface area contributed by atoms with Gasteiger partial charge in [0.05, 0.1) is 22.7 Å². The van der Waals surface area contributed by atoms with Gasteiger partial charge in [-0.05, 0) is 44.7 Å². The number of benzene rings is 1. The van der Waals surface area contributed by atoms with Crippen LogP contribution in [0.25, 0.3) is 0 Å². The molecule has 140 valence electrons. The van der Waals surface area contributed by atoms with Crippen molar-refractivity contribution in [2.24, 2.45) is 0 Å². The van der Waals surface area contributed by atoms with E-state index in [0.29, 0.717) is 5.13 Å². The highest BCUT2D eigenvalue weighted by Crippen LogP contribution is 2.29. The minimum Gasteiger partial charge on any atom is -0.298 e. The van der Waals surface area contributed by atoms with E-state index in [1.807, 2.05) is 0 Å². The molecular weight excluding hydrogens is 370 g/mol. The van der Waals surface area contributed by atoms with Gasteiger partial charge in [-0.25, -0.2) is 13.4 Å². The van der Waals surface area contributed by atoms with E-state index in [4.69, 9.17) is 0 Å². The molecule has 0 atom stereocenters. The molecule has 2 N–H and O–H groups in total. The number of fused-ring (bicyclic) bond motifs is 1. The summed E-state index contributed by atoms with van der Waals surface area (Å²) in [5.41, 5.74) is 1.65. The summed E-state index contributed by atoms with van der Waals surface area (Å²) in [6.45, 7) is 1.55. The van der Waals surface area contributed by atoms with Crippen LogP contribution in [-0.2, 0) is 22.9 Å². The van der Waals surface area contributed by atoms with Crippen molar-refractivity contribution in [3.05, 3.63) is 40.4 Å². The second-order valence-electron chi connectivity index (χ2n) is 6.31. The minimum atomic E-state index is -3.45. The van der Waals surface area contributed by atoms with Gasteiger partial charge in [0.2, 0.25) is 10.0 Å². The SMILES string of the molecule is CCS(=O)(=O)Nc1ccccc1C(=O)Nc1nc2c(s1)CCCCCC2. The van der Waals surface area contributed by atoms with Gasteiger partial charge in [-0.15, -0.1) is 11.3 Å². The maximum Gasteiger partial charge on any atom is 0.259 e. The van der Waals surface area contributed by atoms with Crippen LogP contribution in [0.1, 0.15) is 53.5 Å². The fraction of sp³-hybridized carbons (Fsp3) is 0.444. The first-order valence-corrected chi connectivity index (χ1v) is 11.3. The number of rotatable bonds is 5. The molecule has 0 saturated heterocycles. The van der Waals surface area contributed by atoms with Crippen molar-refractivity contribution in [1.29, 1.82) is 0 Å². The number of sulfonamides is 1. The summed E-state index contributed by atoms with van der Waals surface area (Å²) < 4.78 is 26.2. The summed E-state index contributed by atoms with van der Waals surface area (Å²) in [6, 6.07) is 6.59. The number of aromatic nitrogens is 1. The monoisotopic (exact) mass is 393 g/mol. The Morgan fingerprint density at radius 1 is 1.15 bits per heavy atom. The molecule has 1 amide bonds. The van der Waals surface area contributed by atoms with Crippen molar-refractivity contribution in [2.75, 3.05) is 15.8 Å². The highest BCUT2D eigenvalue weighted by atomic mass is 32.2. The van der Waals surface area contributed by atoms with Crippen molar-refractivity contribution in [3.8, 4) is 0 Å². The maximum atomic E-state index is 12.7. The molecule has 26 heavy (non-hydrogen) atoms. The largest absolute Gasteiger partial charge is 0.298 e. The van der Waals surface area contributed by atoms with E-state index >= 15 is 0 Å². The van der Waals surface area contributed by atoms with Crippen LogP contribution in [0.4, 0.5) is 10.8 Å². The molecule has 0 saturated carbocycles. The van der Waals surface area contributed by atoms with Gasteiger partial charge < -0.3 is 0 Å². The molecule has 0 unspecified atom stereocenters. The first-order chi connectivity index (χ1) is 12.5. The third kappa shape index (κ3) is 4.62. The zero-order valence-electron chi connectivity index (χ0n) is 14.7. The van der Waals surface area contributed by atoms with Gasteiger partial charge in [0, 0.05) is 4.88 Å². The van der Waals surface area contributed by atoms with Crippen molar-refractivity contribution >= 4 is 38.1 Å². The number of para-hydroxylation sites is 1. The smallest absolute Gasteiger partial charge is 0.259 e. The lowest BCUT2D eigenvalue weighted by molar-refractivity contribution is 0.102. The first kappa shape index (κ1) is 18.8. The van der Waals surface area contributed by atoms with Crippen LogP contribution >= 0.6 is 11.3 Å². The highest BCUT2D eigenvalue weighted by molar-refractivity contribution is 7.92. The minimum absolute atomic E-state index is 0.0534. The molecule has 1 aromatic heterocycles. The number of nitrogens with one attached hydrogen (secondary N) is 2. The Morgan fingerprint density at radius 2 is 1.88 bits per heavy atom. The number of thiazole rings is 1. The molecule has 3 rings (SSSR count). The van der Waals surface area contributed by atoms with Crippen LogP contribution in [0.15, 0.2) is 24.3 Å². The Labute approximate surface area is 158 Å². The normalized spacial score (nSPS) is 14.8. The summed E-state index contributed by atoms with van der Waals surface area (Å²) in [7, 11) is -3.45. The number of carbonyl (C=O) groups excluding carboxylic acids is 1. The molecule has 0 spiro atoms. The van der Waals surface area contributed by atoms with Crippen LogP contribution in [0.5, 0.6) is 0 Å². The summed E-state index contributed by atoms with van der Waals surface area (Å²) in [5, 5.41) is 3.41. The van der Waals surface area contributed by atoms with Crippen LogP contribution in [0.2, 0.25) is 0 Å². The average molecular weight is 394 g/mol. The van der Waals surface area contributed by atoms with Gasteiger partial charge in [0.25, 0.3) is 5.91 Å². The quantitative estimate of drug-likeness (QED) is 0.808. The van der Waals surface area contributed by atoms with Gasteiger partial charge in [-0.3, -0.25) is 14.8 Å². The van der Waals surface area contributed by atoms with E-state index < -0.39 is 10.0 Å². The molecule has 1 aromatic carbocycles. The molecule has 0 aliphatic heterocycles. The molecule has 8 heteroatoms. The van der Waals surface area contributed by atoms with Gasteiger partial charge in [0.1, 0.15) is 0 Å². The predicted molar refractivity (Wildman–Crippen MR) is 105 cm³/mol. The highest BCUT2D eigenvalue weighted by Gasteiger charge is 2.18. The predicted octanol–water partition coefficient (Wildman–Crippen LogP) is 3.82. The Bertz CT molecular complexity index is 865. The number of aryl methyl sites for hydroxylation is 2. The number of anilines is 2. The lowest BCUT2D eigenvalue weighted by Gasteiger charge is -2.10. The third-order valence-electron chi connectivity index (χ3n) is 4.38. The second kappa shape index (κ2) is 8.18. The number of hydrogen-bond acceptors (Lipinski definition) is 5. The Kier molecular flexibility index (Phi) is 5.93. The zero-order chi connectivity index (χ0) is 18.6. The van der Waals surface area contributed by atoms with Crippen molar-refractivity contribution < 1.29 is 13.2 Å². The zero-order valence-corrected chi connectivity index (χ0v) is 16.4. The third-order valence-corrected chi connectivity index (χ3v) is 6.75. The number of carbonyl (C=O) groups is 1. The van der Waals surface area contributed by atoms with E-state index in [0.717, 1.165) is 31.4 Å². The topological polar surface area (TPSA) is 88.2 Å². The van der Waals surface area contributed by atoms with Crippen molar-refractivity contribution in [2.45, 2.75) is 45.4 Å². The lowest BCUT2D eigenvalue weighted by Crippen LogP contribution is -2.19. The Balaban J connectivity index is 1.80. The molecular formula is C18H23N3O3S2. The van der Waals surface area contributed by atoms with E-state index in [9.17, 15) is 13.2 Å². The summed E-state index contributed by atoms with van der Waals surface area (Å²) >= 11 is 1.52. The van der Waals surface area contributed by atoms with Crippen molar-refractivity contribution in [3.63, 3.8) is 0 Å². The summed E-state index contributed by atoms with van der Waals surface area (Å²) in [6.07, 6.45) is 6.72. The first-order valence-electron chi connectivity index (χ1n) is 8.88. The molecule has 6 nitrogen and oxygen atoms in total. The van der Waals surface area contributed by atoms with Crippen LogP contribution in [-0.4, -0.2) is 25.1 Å². The fourth-order valence-electron chi connectivity index (χ4n) is 2.93. The molecule has 0 radical (unpaired) electrons. The van der Waals surface area contributed by atoms with E-state index in [1.54, 1.807) is 31.2 Å². The Hall–Kier alpha value is -1.93. The van der Waals surface area contributed by atoms with Gasteiger partial charge in [-0.2, -0.15) is 0 Å². The van der Waals surface area contributed by atoms with Crippen LogP contribution in [0, 0.1) is 0 Å². The van der Waals surface area contributed by atoms with E-state index in [1.165, 1.54) is 29.1 Å². The van der Waals surface area contributed by atoms with Gasteiger partial charge in [0.15, 0.2) is 5.13 Å². The number of nitrogens with zero attached hydrogens (tertiary/aromatic N) is 1. The molecule has 2 aromatic rings.